The first-order valence-corrected chi connectivity index (χ1v) is 12.1. The maximum atomic E-state index is 13.1. The van der Waals surface area contributed by atoms with Crippen molar-refractivity contribution in [2.75, 3.05) is 38.2 Å². The number of piperazine rings is 1. The molecule has 1 aliphatic rings. The summed E-state index contributed by atoms with van der Waals surface area (Å²) < 4.78 is 7.29. The standard InChI is InChI=1S/C27H23ClN6O2/c1-36-21-9-5-8-19(16-21)26(35)32-12-14-33(15-13-32)27-29-23-17-20(28)10-11-22(23)25-31-30-24(34(25)27)18-6-3-2-4-7-18/h2-11,16-17H,12-15H2,1H3. The van der Waals surface area contributed by atoms with E-state index in [1.54, 1.807) is 13.2 Å². The summed E-state index contributed by atoms with van der Waals surface area (Å²) in [4.78, 5) is 22.2. The number of methoxy groups -OCH3 is 1. The minimum atomic E-state index is -0.00813. The molecular weight excluding hydrogens is 476 g/mol. The predicted molar refractivity (Wildman–Crippen MR) is 140 cm³/mol. The maximum absolute atomic E-state index is 13.1. The molecule has 0 saturated carbocycles. The second kappa shape index (κ2) is 9.13. The minimum Gasteiger partial charge on any atom is -0.497 e. The van der Waals surface area contributed by atoms with Gasteiger partial charge in [0.25, 0.3) is 5.91 Å². The van der Waals surface area contributed by atoms with Crippen molar-refractivity contribution in [1.29, 1.82) is 0 Å². The third-order valence-corrected chi connectivity index (χ3v) is 6.72. The Hall–Kier alpha value is -4.17. The fraction of sp³-hybridized carbons (Fsp3) is 0.185. The minimum absolute atomic E-state index is 0.00813. The van der Waals surface area contributed by atoms with Crippen LogP contribution in [0.1, 0.15) is 10.4 Å². The van der Waals surface area contributed by atoms with Gasteiger partial charge in [-0.3, -0.25) is 4.79 Å². The van der Waals surface area contributed by atoms with Crippen LogP contribution in [0.2, 0.25) is 5.02 Å². The summed E-state index contributed by atoms with van der Waals surface area (Å²) in [5.41, 5.74) is 3.05. The highest BCUT2D eigenvalue weighted by Crippen LogP contribution is 2.30. The number of halogens is 1. The number of aromatic nitrogens is 4. The molecule has 3 heterocycles. The number of hydrogen-bond acceptors (Lipinski definition) is 6. The van der Waals surface area contributed by atoms with Crippen molar-refractivity contribution in [3.63, 3.8) is 0 Å². The van der Waals surface area contributed by atoms with E-state index in [0.29, 0.717) is 42.5 Å². The number of benzene rings is 3. The van der Waals surface area contributed by atoms with E-state index in [1.165, 1.54) is 0 Å². The summed E-state index contributed by atoms with van der Waals surface area (Å²) in [7, 11) is 1.60. The van der Waals surface area contributed by atoms with Crippen LogP contribution in [0.25, 0.3) is 27.9 Å². The van der Waals surface area contributed by atoms with Crippen LogP contribution in [0.3, 0.4) is 0 Å². The van der Waals surface area contributed by atoms with Crippen LogP contribution in [-0.4, -0.2) is 63.7 Å². The number of rotatable bonds is 4. The third kappa shape index (κ3) is 3.89. The summed E-state index contributed by atoms with van der Waals surface area (Å²) >= 11 is 6.29. The topological polar surface area (TPSA) is 75.9 Å². The second-order valence-corrected chi connectivity index (χ2v) is 9.07. The second-order valence-electron chi connectivity index (χ2n) is 8.63. The van der Waals surface area contributed by atoms with Gasteiger partial charge in [0.1, 0.15) is 5.75 Å². The van der Waals surface area contributed by atoms with Crippen LogP contribution in [0, 0.1) is 0 Å². The van der Waals surface area contributed by atoms with Crippen molar-refractivity contribution in [2.45, 2.75) is 0 Å². The molecule has 0 aliphatic carbocycles. The first-order chi connectivity index (χ1) is 17.6. The maximum Gasteiger partial charge on any atom is 0.254 e. The quantitative estimate of drug-likeness (QED) is 0.361. The highest BCUT2D eigenvalue weighted by atomic mass is 35.5. The van der Waals surface area contributed by atoms with Gasteiger partial charge in [0.05, 0.1) is 12.6 Å². The van der Waals surface area contributed by atoms with Gasteiger partial charge >= 0.3 is 0 Å². The average molecular weight is 499 g/mol. The zero-order chi connectivity index (χ0) is 24.6. The normalized spacial score (nSPS) is 13.9. The Labute approximate surface area is 212 Å². The fourth-order valence-electron chi connectivity index (χ4n) is 4.63. The SMILES string of the molecule is COc1cccc(C(=O)N2CCN(c3nc4cc(Cl)ccc4c4nnc(-c5ccccc5)n34)CC2)c1. The van der Waals surface area contributed by atoms with E-state index in [2.05, 4.69) is 15.1 Å². The van der Waals surface area contributed by atoms with Gasteiger partial charge in [-0.05, 0) is 36.4 Å². The van der Waals surface area contributed by atoms with Gasteiger partial charge in [-0.25, -0.2) is 9.38 Å². The van der Waals surface area contributed by atoms with Gasteiger partial charge in [0, 0.05) is 47.7 Å². The van der Waals surface area contributed by atoms with Crippen molar-refractivity contribution >= 4 is 40.0 Å². The molecule has 180 valence electrons. The summed E-state index contributed by atoms with van der Waals surface area (Å²) in [5.74, 6) is 2.12. The molecule has 8 nitrogen and oxygen atoms in total. The van der Waals surface area contributed by atoms with Crippen LogP contribution >= 0.6 is 11.6 Å². The molecule has 5 aromatic rings. The van der Waals surface area contributed by atoms with E-state index in [4.69, 9.17) is 21.3 Å². The van der Waals surface area contributed by atoms with Gasteiger partial charge in [0.15, 0.2) is 11.5 Å². The van der Waals surface area contributed by atoms with Crippen LogP contribution in [0.5, 0.6) is 5.75 Å². The predicted octanol–water partition coefficient (Wildman–Crippen LogP) is 4.57. The Balaban J connectivity index is 1.37. The van der Waals surface area contributed by atoms with Gasteiger partial charge in [-0.15, -0.1) is 10.2 Å². The highest BCUT2D eigenvalue weighted by Gasteiger charge is 2.26. The number of nitrogens with zero attached hydrogens (tertiary/aromatic N) is 6. The molecule has 36 heavy (non-hydrogen) atoms. The molecule has 0 unspecified atom stereocenters. The van der Waals surface area contributed by atoms with Gasteiger partial charge < -0.3 is 14.5 Å². The molecular formula is C27H23ClN6O2. The molecule has 1 aliphatic heterocycles. The lowest BCUT2D eigenvalue weighted by Gasteiger charge is -2.35. The molecule has 0 bridgehead atoms. The molecule has 0 atom stereocenters. The van der Waals surface area contributed by atoms with Crippen molar-refractivity contribution in [3.8, 4) is 17.1 Å². The van der Waals surface area contributed by atoms with Crippen LogP contribution in [0.15, 0.2) is 72.8 Å². The molecule has 0 spiro atoms. The number of carbonyl (C=O) groups is 1. The Morgan fingerprint density at radius 1 is 0.917 bits per heavy atom. The summed E-state index contributed by atoms with van der Waals surface area (Å²) in [6, 6.07) is 22.8. The first-order valence-electron chi connectivity index (χ1n) is 11.7. The van der Waals surface area contributed by atoms with E-state index in [1.807, 2.05) is 76.0 Å². The largest absolute Gasteiger partial charge is 0.497 e. The van der Waals surface area contributed by atoms with Crippen LogP contribution in [0.4, 0.5) is 5.95 Å². The molecule has 1 fully saturated rings. The third-order valence-electron chi connectivity index (χ3n) is 6.48. The smallest absolute Gasteiger partial charge is 0.254 e. The molecule has 0 N–H and O–H groups in total. The Bertz CT molecular complexity index is 1580. The number of ether oxygens (including phenoxy) is 1. The van der Waals surface area contributed by atoms with Crippen molar-refractivity contribution in [2.24, 2.45) is 0 Å². The first kappa shape index (κ1) is 22.3. The van der Waals surface area contributed by atoms with E-state index >= 15 is 0 Å². The molecule has 1 amide bonds. The number of carbonyl (C=O) groups excluding carboxylic acids is 1. The van der Waals surface area contributed by atoms with Crippen molar-refractivity contribution in [1.82, 2.24) is 24.5 Å². The number of fused-ring (bicyclic) bond motifs is 3. The Kier molecular flexibility index (Phi) is 5.65. The van der Waals surface area contributed by atoms with Crippen molar-refractivity contribution < 1.29 is 9.53 Å². The summed E-state index contributed by atoms with van der Waals surface area (Å²) in [5, 5.41) is 10.6. The van der Waals surface area contributed by atoms with Crippen LogP contribution in [-0.2, 0) is 0 Å². The number of anilines is 1. The monoisotopic (exact) mass is 498 g/mol. The lowest BCUT2D eigenvalue weighted by atomic mass is 10.1. The molecule has 0 radical (unpaired) electrons. The van der Waals surface area contributed by atoms with Gasteiger partial charge in [-0.1, -0.05) is 48.0 Å². The van der Waals surface area contributed by atoms with E-state index in [-0.39, 0.29) is 5.91 Å². The van der Waals surface area contributed by atoms with E-state index in [9.17, 15) is 4.79 Å². The Morgan fingerprint density at radius 3 is 2.50 bits per heavy atom. The fourth-order valence-corrected chi connectivity index (χ4v) is 4.79. The van der Waals surface area contributed by atoms with E-state index in [0.717, 1.165) is 33.9 Å². The molecule has 9 heteroatoms. The zero-order valence-electron chi connectivity index (χ0n) is 19.6. The number of hydrogen-bond donors (Lipinski definition) is 0. The lowest BCUT2D eigenvalue weighted by molar-refractivity contribution is 0.0746. The highest BCUT2D eigenvalue weighted by molar-refractivity contribution is 6.31. The summed E-state index contributed by atoms with van der Waals surface area (Å²) in [6.07, 6.45) is 0. The molecule has 3 aromatic carbocycles. The Morgan fingerprint density at radius 2 is 1.72 bits per heavy atom. The molecule has 2 aromatic heterocycles. The van der Waals surface area contributed by atoms with Gasteiger partial charge in [-0.2, -0.15) is 0 Å². The summed E-state index contributed by atoms with van der Waals surface area (Å²) in [6.45, 7) is 2.37. The number of amides is 1. The zero-order valence-corrected chi connectivity index (χ0v) is 20.4. The lowest BCUT2D eigenvalue weighted by Crippen LogP contribution is -2.49. The molecule has 1 saturated heterocycles. The van der Waals surface area contributed by atoms with E-state index < -0.39 is 0 Å². The molecule has 6 rings (SSSR count). The van der Waals surface area contributed by atoms with Crippen LogP contribution < -0.4 is 9.64 Å². The average Bonchev–Trinajstić information content (AvgIpc) is 3.38. The van der Waals surface area contributed by atoms with Crippen molar-refractivity contribution in [3.05, 3.63) is 83.4 Å². The van der Waals surface area contributed by atoms with Gasteiger partial charge in [0.2, 0.25) is 5.95 Å².